The molecule has 0 atom stereocenters. The van der Waals surface area contributed by atoms with Gasteiger partial charge in [-0.2, -0.15) is 0 Å². The van der Waals surface area contributed by atoms with Crippen molar-refractivity contribution in [2.45, 2.75) is 6.92 Å². The topological polar surface area (TPSA) is 51.8 Å². The van der Waals surface area contributed by atoms with E-state index < -0.39 is 0 Å². The maximum absolute atomic E-state index is 6.19. The minimum Gasteiger partial charge on any atom is -0.501 e. The summed E-state index contributed by atoms with van der Waals surface area (Å²) in [6, 6.07) is 44.8. The molecule has 1 radical (unpaired) electrons. The van der Waals surface area contributed by atoms with E-state index in [-0.39, 0.29) is 20.1 Å². The largest absolute Gasteiger partial charge is 0.501 e. The molecule has 4 heterocycles. The van der Waals surface area contributed by atoms with Gasteiger partial charge in [0.2, 0.25) is 0 Å². The molecule has 8 rings (SSSR count). The Hall–Kier alpha value is -4.96. The van der Waals surface area contributed by atoms with Gasteiger partial charge in [0.15, 0.2) is 0 Å². The van der Waals surface area contributed by atoms with Crippen LogP contribution >= 0.6 is 0 Å². The molecular weight excluding hydrogens is 707 g/mol. The minimum atomic E-state index is 0. The van der Waals surface area contributed by atoms with Crippen LogP contribution in [0, 0.1) is 19.1 Å². The van der Waals surface area contributed by atoms with E-state index >= 15 is 0 Å². The van der Waals surface area contributed by atoms with Crippen LogP contribution in [0.5, 0.6) is 0 Å². The Morgan fingerprint density at radius 2 is 1.47 bits per heavy atom. The van der Waals surface area contributed by atoms with E-state index in [1.165, 1.54) is 11.1 Å². The number of pyridine rings is 3. The van der Waals surface area contributed by atoms with Crippen LogP contribution in [-0.2, 0) is 20.1 Å². The smallest absolute Gasteiger partial charge is 0.120 e. The van der Waals surface area contributed by atoms with Gasteiger partial charge in [-0.25, -0.2) is 0 Å². The molecule has 0 unspecified atom stereocenters. The van der Waals surface area contributed by atoms with Gasteiger partial charge in [-0.05, 0) is 71.4 Å². The summed E-state index contributed by atoms with van der Waals surface area (Å²) in [5.74, 6) is 0. The molecule has 4 nitrogen and oxygen atoms in total. The number of nitrogens with zero attached hydrogens (tertiary/aromatic N) is 3. The SMILES string of the molecule is Cc1cc2ncccc2cc1-c1ccnc(-c2[c-]ccc3c2oc2ccccc23)c1.[Ir].[c-]1ccccc1-c1ccccn1. The van der Waals surface area contributed by atoms with Gasteiger partial charge in [-0.15, -0.1) is 54.1 Å². The van der Waals surface area contributed by atoms with E-state index in [1.807, 2.05) is 91.3 Å². The third kappa shape index (κ3) is 5.74. The van der Waals surface area contributed by atoms with E-state index in [0.29, 0.717) is 0 Å². The fraction of sp³-hybridized carbons (Fsp3) is 0.0263. The molecule has 0 aliphatic heterocycles. The standard InChI is InChI=1S/C27H17N2O.C11H8N.Ir/c1-17-14-24-19(6-5-12-28-24)15-23(17)18-11-13-29-25(16-18)22-9-4-8-21-20-7-2-3-10-26(20)30-27(21)22;1-2-6-10(7-3-1)11-8-4-5-9-12-11;/h2-8,10-16H,1H3;1-6,8-9H;/q2*-1;. The van der Waals surface area contributed by atoms with Gasteiger partial charge in [0.25, 0.3) is 0 Å². The van der Waals surface area contributed by atoms with Gasteiger partial charge in [0, 0.05) is 49.5 Å². The Bertz CT molecular complexity index is 2120. The van der Waals surface area contributed by atoms with Crippen LogP contribution in [0.15, 0.2) is 138 Å². The average molecular weight is 732 g/mol. The van der Waals surface area contributed by atoms with Crippen molar-refractivity contribution in [2.24, 2.45) is 0 Å². The predicted octanol–water partition coefficient (Wildman–Crippen LogP) is 9.52. The predicted molar refractivity (Wildman–Crippen MR) is 170 cm³/mol. The number of rotatable bonds is 3. The summed E-state index contributed by atoms with van der Waals surface area (Å²) in [6.45, 7) is 2.12. The van der Waals surface area contributed by atoms with Crippen molar-refractivity contribution >= 4 is 32.8 Å². The van der Waals surface area contributed by atoms with E-state index in [1.54, 1.807) is 6.20 Å². The number of furan rings is 1. The molecule has 209 valence electrons. The zero-order valence-corrected chi connectivity index (χ0v) is 25.7. The Kier molecular flexibility index (Phi) is 8.19. The second kappa shape index (κ2) is 12.5. The molecule has 0 N–H and O–H groups in total. The number of aromatic nitrogens is 3. The van der Waals surface area contributed by atoms with Crippen LogP contribution in [0.1, 0.15) is 5.56 Å². The molecule has 4 aromatic heterocycles. The molecule has 5 heteroatoms. The molecule has 0 saturated heterocycles. The quantitative estimate of drug-likeness (QED) is 0.170. The molecule has 0 aliphatic rings. The van der Waals surface area contributed by atoms with Crippen molar-refractivity contribution in [3.05, 3.63) is 152 Å². The Balaban J connectivity index is 0.000000213. The van der Waals surface area contributed by atoms with Crippen molar-refractivity contribution in [3.8, 4) is 33.6 Å². The Morgan fingerprint density at radius 1 is 0.628 bits per heavy atom. The van der Waals surface area contributed by atoms with Crippen LogP contribution < -0.4 is 0 Å². The number of aryl methyl sites for hydroxylation is 1. The molecular formula is C38H25IrN3O-2. The second-order valence-electron chi connectivity index (χ2n) is 9.98. The van der Waals surface area contributed by atoms with Crippen molar-refractivity contribution < 1.29 is 24.5 Å². The van der Waals surface area contributed by atoms with Crippen molar-refractivity contribution in [1.82, 2.24) is 15.0 Å². The summed E-state index contributed by atoms with van der Waals surface area (Å²) in [4.78, 5) is 13.3. The van der Waals surface area contributed by atoms with Crippen LogP contribution in [0.3, 0.4) is 0 Å². The molecule has 0 fully saturated rings. The van der Waals surface area contributed by atoms with Crippen LogP contribution in [0.25, 0.3) is 66.5 Å². The first-order chi connectivity index (χ1) is 20.7. The number of fused-ring (bicyclic) bond motifs is 4. The maximum Gasteiger partial charge on any atom is 0.120 e. The number of benzene rings is 4. The summed E-state index contributed by atoms with van der Waals surface area (Å²) >= 11 is 0. The molecule has 8 aromatic rings. The van der Waals surface area contributed by atoms with Crippen molar-refractivity contribution in [3.63, 3.8) is 0 Å². The maximum atomic E-state index is 6.19. The van der Waals surface area contributed by atoms with Crippen molar-refractivity contribution in [2.75, 3.05) is 0 Å². The molecule has 0 bridgehead atoms. The average Bonchev–Trinajstić information content (AvgIpc) is 3.45. The number of hydrogen-bond donors (Lipinski definition) is 0. The number of hydrogen-bond acceptors (Lipinski definition) is 4. The normalized spacial score (nSPS) is 10.7. The molecule has 0 spiro atoms. The summed E-state index contributed by atoms with van der Waals surface area (Å²) < 4.78 is 6.19. The van der Waals surface area contributed by atoms with Gasteiger partial charge >= 0.3 is 0 Å². The third-order valence-corrected chi connectivity index (χ3v) is 7.26. The van der Waals surface area contributed by atoms with Gasteiger partial charge in [-0.1, -0.05) is 53.4 Å². The molecule has 0 saturated carbocycles. The first-order valence-electron chi connectivity index (χ1n) is 13.8. The van der Waals surface area contributed by atoms with Gasteiger partial charge < -0.3 is 14.4 Å². The molecule has 4 aromatic carbocycles. The Morgan fingerprint density at radius 3 is 2.33 bits per heavy atom. The van der Waals surface area contributed by atoms with Crippen molar-refractivity contribution in [1.29, 1.82) is 0 Å². The van der Waals surface area contributed by atoms with E-state index in [2.05, 4.69) is 70.4 Å². The zero-order chi connectivity index (χ0) is 28.3. The second-order valence-corrected chi connectivity index (χ2v) is 9.98. The zero-order valence-electron chi connectivity index (χ0n) is 23.3. The monoisotopic (exact) mass is 732 g/mol. The Labute approximate surface area is 263 Å². The first-order valence-corrected chi connectivity index (χ1v) is 13.8. The first kappa shape index (κ1) is 28.2. The van der Waals surface area contributed by atoms with Gasteiger partial charge in [0.1, 0.15) is 5.58 Å². The molecule has 0 aliphatic carbocycles. The summed E-state index contributed by atoms with van der Waals surface area (Å²) in [7, 11) is 0. The van der Waals surface area contributed by atoms with Crippen LogP contribution in [0.2, 0.25) is 0 Å². The van der Waals surface area contributed by atoms with E-state index in [9.17, 15) is 0 Å². The van der Waals surface area contributed by atoms with Crippen LogP contribution in [-0.4, -0.2) is 15.0 Å². The van der Waals surface area contributed by atoms with Gasteiger partial charge in [0.05, 0.1) is 11.1 Å². The summed E-state index contributed by atoms with van der Waals surface area (Å²) in [6.07, 6.45) is 5.47. The fourth-order valence-corrected chi connectivity index (χ4v) is 5.23. The summed E-state index contributed by atoms with van der Waals surface area (Å²) in [5, 5.41) is 3.32. The van der Waals surface area contributed by atoms with E-state index in [4.69, 9.17) is 4.42 Å². The van der Waals surface area contributed by atoms with Gasteiger partial charge in [-0.3, -0.25) is 4.98 Å². The number of para-hydroxylation sites is 1. The summed E-state index contributed by atoms with van der Waals surface area (Å²) in [5.41, 5.74) is 9.92. The fourth-order valence-electron chi connectivity index (χ4n) is 5.23. The molecule has 0 amide bonds. The third-order valence-electron chi connectivity index (χ3n) is 7.26. The molecule has 43 heavy (non-hydrogen) atoms. The van der Waals surface area contributed by atoms with E-state index in [0.717, 1.165) is 60.9 Å². The minimum absolute atomic E-state index is 0. The van der Waals surface area contributed by atoms with Crippen LogP contribution in [0.4, 0.5) is 0 Å².